The van der Waals surface area contributed by atoms with E-state index in [1.165, 1.54) is 0 Å². The Morgan fingerprint density at radius 2 is 2.10 bits per heavy atom. The Morgan fingerprint density at radius 3 is 2.40 bits per heavy atom. The zero-order valence-electron chi connectivity index (χ0n) is 5.66. The number of aliphatic hydroxyl groups is 2. The first-order valence-corrected chi connectivity index (χ1v) is 2.89. The fourth-order valence-electron chi connectivity index (χ4n) is 0.375. The van der Waals surface area contributed by atoms with Crippen LogP contribution < -0.4 is 5.32 Å². The van der Waals surface area contributed by atoms with Gasteiger partial charge < -0.3 is 20.6 Å². The molecule has 60 valence electrons. The van der Waals surface area contributed by atoms with Gasteiger partial charge in [0.2, 0.25) is 0 Å². The van der Waals surface area contributed by atoms with Gasteiger partial charge in [-0.15, -0.1) is 0 Å². The van der Waals surface area contributed by atoms with Gasteiger partial charge in [-0.3, -0.25) is 0 Å². The number of hydrogen-bond donors (Lipinski definition) is 4. The molecule has 0 bridgehead atoms. The molecule has 0 aromatic carbocycles. The SMILES string of the molecule is CCNCC(O)(O)C(=O)O. The van der Waals surface area contributed by atoms with Gasteiger partial charge in [-0.05, 0) is 6.54 Å². The van der Waals surface area contributed by atoms with Crippen molar-refractivity contribution in [2.45, 2.75) is 12.7 Å². The zero-order chi connectivity index (χ0) is 8.20. The van der Waals surface area contributed by atoms with Gasteiger partial charge in [0.25, 0.3) is 5.79 Å². The number of likely N-dealkylation sites (N-methyl/N-ethyl adjacent to an activating group) is 1. The zero-order valence-corrected chi connectivity index (χ0v) is 5.66. The molecule has 0 saturated heterocycles. The van der Waals surface area contributed by atoms with E-state index in [4.69, 9.17) is 15.3 Å². The first-order chi connectivity index (χ1) is 4.50. The number of carbonyl (C=O) groups is 1. The lowest BCUT2D eigenvalue weighted by molar-refractivity contribution is -0.201. The smallest absolute Gasteiger partial charge is 0.365 e. The molecule has 0 aromatic heterocycles. The molecule has 0 rings (SSSR count). The fourth-order valence-corrected chi connectivity index (χ4v) is 0.375. The predicted molar refractivity (Wildman–Crippen MR) is 33.3 cm³/mol. The molecule has 0 aliphatic rings. The summed E-state index contributed by atoms with van der Waals surface area (Å²) in [6.45, 7) is 1.87. The van der Waals surface area contributed by atoms with Gasteiger partial charge in [0.15, 0.2) is 0 Å². The van der Waals surface area contributed by atoms with Crippen molar-refractivity contribution < 1.29 is 20.1 Å². The van der Waals surface area contributed by atoms with Gasteiger partial charge in [0.05, 0.1) is 6.54 Å². The van der Waals surface area contributed by atoms with Crippen molar-refractivity contribution in [1.82, 2.24) is 5.32 Å². The van der Waals surface area contributed by atoms with Crippen LogP contribution in [-0.4, -0.2) is 40.2 Å². The van der Waals surface area contributed by atoms with E-state index in [0.29, 0.717) is 6.54 Å². The highest BCUT2D eigenvalue weighted by atomic mass is 16.5. The fraction of sp³-hybridized carbons (Fsp3) is 0.800. The second kappa shape index (κ2) is 3.50. The van der Waals surface area contributed by atoms with Gasteiger partial charge in [-0.2, -0.15) is 0 Å². The summed E-state index contributed by atoms with van der Waals surface area (Å²) in [5, 5.41) is 27.8. The third-order valence-electron chi connectivity index (χ3n) is 0.964. The van der Waals surface area contributed by atoms with E-state index in [-0.39, 0.29) is 6.54 Å². The largest absolute Gasteiger partial charge is 0.477 e. The Morgan fingerprint density at radius 1 is 1.60 bits per heavy atom. The van der Waals surface area contributed by atoms with Crippen molar-refractivity contribution in [3.63, 3.8) is 0 Å². The number of hydrogen-bond acceptors (Lipinski definition) is 4. The normalized spacial score (nSPS) is 11.5. The molecule has 0 unspecified atom stereocenters. The molecule has 5 heteroatoms. The molecule has 4 N–H and O–H groups in total. The van der Waals surface area contributed by atoms with Crippen LogP contribution in [0, 0.1) is 0 Å². The van der Waals surface area contributed by atoms with Crippen LogP contribution in [0.1, 0.15) is 6.92 Å². The quantitative estimate of drug-likeness (QED) is 0.360. The van der Waals surface area contributed by atoms with Gasteiger partial charge >= 0.3 is 5.97 Å². The van der Waals surface area contributed by atoms with E-state index < -0.39 is 11.8 Å². The summed E-state index contributed by atoms with van der Waals surface area (Å²) in [5.41, 5.74) is 0. The lowest BCUT2D eigenvalue weighted by Gasteiger charge is -2.15. The van der Waals surface area contributed by atoms with Crippen molar-refractivity contribution in [3.8, 4) is 0 Å². The molecule has 0 amide bonds. The Labute approximate surface area is 58.3 Å². The van der Waals surface area contributed by atoms with Crippen molar-refractivity contribution >= 4 is 5.97 Å². The maximum atomic E-state index is 9.99. The highest BCUT2D eigenvalue weighted by Gasteiger charge is 2.31. The van der Waals surface area contributed by atoms with Crippen LogP contribution in [0.5, 0.6) is 0 Å². The molecule has 5 nitrogen and oxygen atoms in total. The Balaban J connectivity index is 3.75. The average Bonchev–Trinajstić information content (AvgIpc) is 1.84. The lowest BCUT2D eigenvalue weighted by Crippen LogP contribution is -2.47. The molecule has 0 saturated carbocycles. The van der Waals surface area contributed by atoms with Crippen LogP contribution in [0.3, 0.4) is 0 Å². The molecule has 0 aliphatic heterocycles. The first kappa shape index (κ1) is 9.35. The van der Waals surface area contributed by atoms with Crippen LogP contribution in [0.25, 0.3) is 0 Å². The van der Waals surface area contributed by atoms with Crippen LogP contribution in [0.4, 0.5) is 0 Å². The summed E-state index contributed by atoms with van der Waals surface area (Å²) >= 11 is 0. The molecule has 10 heavy (non-hydrogen) atoms. The highest BCUT2D eigenvalue weighted by molar-refractivity contribution is 5.75. The monoisotopic (exact) mass is 149 g/mol. The summed E-state index contributed by atoms with van der Waals surface area (Å²) in [5.74, 6) is -4.29. The minimum Gasteiger partial charge on any atom is -0.477 e. The lowest BCUT2D eigenvalue weighted by atomic mass is 10.3. The van der Waals surface area contributed by atoms with E-state index in [1.54, 1.807) is 6.92 Å². The third-order valence-corrected chi connectivity index (χ3v) is 0.964. The molecule has 0 spiro atoms. The predicted octanol–water partition coefficient (Wildman–Crippen LogP) is -1.64. The van der Waals surface area contributed by atoms with E-state index in [9.17, 15) is 4.79 Å². The van der Waals surface area contributed by atoms with Crippen LogP contribution in [-0.2, 0) is 4.79 Å². The minimum atomic E-state index is -2.64. The summed E-state index contributed by atoms with van der Waals surface area (Å²) in [6, 6.07) is 0. The Hall–Kier alpha value is -0.650. The van der Waals surface area contributed by atoms with Gasteiger partial charge in [-0.1, -0.05) is 6.92 Å². The third kappa shape index (κ3) is 2.77. The summed E-state index contributed by atoms with van der Waals surface area (Å²) in [6.07, 6.45) is 0. The molecule has 0 aromatic rings. The van der Waals surface area contributed by atoms with Gasteiger partial charge in [0.1, 0.15) is 0 Å². The molecular weight excluding hydrogens is 138 g/mol. The molecule has 0 radical (unpaired) electrons. The van der Waals surface area contributed by atoms with Crippen molar-refractivity contribution in [1.29, 1.82) is 0 Å². The summed E-state index contributed by atoms with van der Waals surface area (Å²) in [4.78, 5) is 9.99. The van der Waals surface area contributed by atoms with Gasteiger partial charge in [-0.25, -0.2) is 4.79 Å². The second-order valence-electron chi connectivity index (χ2n) is 1.90. The van der Waals surface area contributed by atoms with Crippen molar-refractivity contribution in [2.24, 2.45) is 0 Å². The average molecular weight is 149 g/mol. The molecule has 0 fully saturated rings. The number of carboxylic acid groups (broad SMARTS) is 1. The first-order valence-electron chi connectivity index (χ1n) is 2.89. The van der Waals surface area contributed by atoms with E-state index in [1.807, 2.05) is 0 Å². The highest BCUT2D eigenvalue weighted by Crippen LogP contribution is 1.95. The number of aliphatic carboxylic acids is 1. The molecule has 0 heterocycles. The summed E-state index contributed by atoms with van der Waals surface area (Å²) in [7, 11) is 0. The van der Waals surface area contributed by atoms with Gasteiger partial charge in [0, 0.05) is 0 Å². The van der Waals surface area contributed by atoms with E-state index in [2.05, 4.69) is 5.32 Å². The Bertz CT molecular complexity index is 123. The van der Waals surface area contributed by atoms with Crippen LogP contribution in [0.15, 0.2) is 0 Å². The van der Waals surface area contributed by atoms with Crippen molar-refractivity contribution in [3.05, 3.63) is 0 Å². The number of nitrogens with one attached hydrogen (secondary N) is 1. The van der Waals surface area contributed by atoms with E-state index in [0.717, 1.165) is 0 Å². The molecular formula is C5H11NO4. The molecule has 0 aliphatic carbocycles. The molecule has 0 atom stereocenters. The Kier molecular flexibility index (Phi) is 3.27. The van der Waals surface area contributed by atoms with Crippen molar-refractivity contribution in [2.75, 3.05) is 13.1 Å². The minimum absolute atomic E-state index is 0.362. The van der Waals surface area contributed by atoms with E-state index >= 15 is 0 Å². The standard InChI is InChI=1S/C5H11NO4/c1-2-6-3-5(9,10)4(7)8/h6,9-10H,2-3H2,1H3,(H,7,8). The summed E-state index contributed by atoms with van der Waals surface area (Å²) < 4.78 is 0. The maximum Gasteiger partial charge on any atom is 0.365 e. The topological polar surface area (TPSA) is 89.8 Å². The maximum absolute atomic E-state index is 9.99. The van der Waals surface area contributed by atoms with Crippen LogP contribution in [0.2, 0.25) is 0 Å². The van der Waals surface area contributed by atoms with Crippen LogP contribution >= 0.6 is 0 Å². The second-order valence-corrected chi connectivity index (χ2v) is 1.90. The number of carboxylic acids is 1. The number of rotatable bonds is 4.